The molecule has 2 aromatic rings. The van der Waals surface area contributed by atoms with Crippen LogP contribution in [0.3, 0.4) is 0 Å². The third-order valence-electron chi connectivity index (χ3n) is 3.61. The number of likely N-dealkylation sites (tertiary alicyclic amines) is 1. The molecule has 6 nitrogen and oxygen atoms in total. The zero-order chi connectivity index (χ0) is 16.1. The van der Waals surface area contributed by atoms with Gasteiger partial charge in [0.05, 0.1) is 13.1 Å². The minimum absolute atomic E-state index is 0.00228. The van der Waals surface area contributed by atoms with Crippen molar-refractivity contribution in [2.75, 3.05) is 19.6 Å². The number of amides is 2. The fourth-order valence-corrected chi connectivity index (χ4v) is 2.97. The van der Waals surface area contributed by atoms with Crippen molar-refractivity contribution in [2.45, 2.75) is 12.5 Å². The fourth-order valence-electron chi connectivity index (χ4n) is 2.42. The number of hydrogen-bond donors (Lipinski definition) is 1. The Kier molecular flexibility index (Phi) is 4.87. The fraction of sp³-hybridized carbons (Fsp3) is 0.312. The maximum Gasteiger partial charge on any atom is 0.273 e. The van der Waals surface area contributed by atoms with Crippen molar-refractivity contribution in [1.82, 2.24) is 15.2 Å². The highest BCUT2D eigenvalue weighted by molar-refractivity contribution is 7.11. The van der Waals surface area contributed by atoms with E-state index in [4.69, 9.17) is 4.74 Å². The molecule has 1 N–H and O–H groups in total. The number of thiazole rings is 1. The SMILES string of the molecule is O=C(NCC(=O)N1CCC(Oc2nccs2)C1)c1ccccc1. The van der Waals surface area contributed by atoms with Gasteiger partial charge < -0.3 is 15.0 Å². The van der Waals surface area contributed by atoms with E-state index in [1.54, 1.807) is 35.4 Å². The quantitative estimate of drug-likeness (QED) is 0.902. The van der Waals surface area contributed by atoms with Crippen LogP contribution in [0.5, 0.6) is 5.19 Å². The van der Waals surface area contributed by atoms with Crippen LogP contribution in [0.1, 0.15) is 16.8 Å². The van der Waals surface area contributed by atoms with Gasteiger partial charge in [0.25, 0.3) is 11.1 Å². The molecule has 1 fully saturated rings. The van der Waals surface area contributed by atoms with E-state index >= 15 is 0 Å². The normalized spacial score (nSPS) is 17.0. The Morgan fingerprint density at radius 1 is 1.35 bits per heavy atom. The van der Waals surface area contributed by atoms with E-state index in [0.717, 1.165) is 6.42 Å². The molecule has 1 aliphatic rings. The number of carbonyl (C=O) groups is 2. The number of rotatable bonds is 5. The molecule has 1 aromatic carbocycles. The van der Waals surface area contributed by atoms with Gasteiger partial charge in [0.2, 0.25) is 5.91 Å². The van der Waals surface area contributed by atoms with Gasteiger partial charge in [0, 0.05) is 30.1 Å². The first-order valence-corrected chi connectivity index (χ1v) is 8.27. The van der Waals surface area contributed by atoms with Crippen LogP contribution < -0.4 is 10.1 Å². The average Bonchev–Trinajstić information content (AvgIpc) is 3.25. The lowest BCUT2D eigenvalue weighted by Gasteiger charge is -2.16. The van der Waals surface area contributed by atoms with Crippen LogP contribution >= 0.6 is 11.3 Å². The molecule has 0 bridgehead atoms. The highest BCUT2D eigenvalue weighted by atomic mass is 32.1. The summed E-state index contributed by atoms with van der Waals surface area (Å²) in [6.07, 6.45) is 2.43. The highest BCUT2D eigenvalue weighted by Crippen LogP contribution is 2.20. The molecule has 23 heavy (non-hydrogen) atoms. The van der Waals surface area contributed by atoms with Crippen LogP contribution in [-0.2, 0) is 4.79 Å². The van der Waals surface area contributed by atoms with Crippen molar-refractivity contribution in [1.29, 1.82) is 0 Å². The summed E-state index contributed by atoms with van der Waals surface area (Å²) in [5.74, 6) is -0.340. The predicted octanol–water partition coefficient (Wildman–Crippen LogP) is 1.55. The standard InChI is InChI=1S/C16H17N3O3S/c20-14(10-18-15(21)12-4-2-1-3-5-12)19-8-6-13(11-19)22-16-17-7-9-23-16/h1-5,7,9,13H,6,8,10-11H2,(H,18,21). The average molecular weight is 331 g/mol. The molecule has 0 radical (unpaired) electrons. The van der Waals surface area contributed by atoms with Gasteiger partial charge in [-0.1, -0.05) is 29.5 Å². The molecule has 2 amide bonds. The second-order valence-corrected chi connectivity index (χ2v) is 6.07. The lowest BCUT2D eigenvalue weighted by atomic mass is 10.2. The summed E-state index contributed by atoms with van der Waals surface area (Å²) in [6, 6.07) is 8.85. The van der Waals surface area contributed by atoms with Crippen molar-refractivity contribution in [3.63, 3.8) is 0 Å². The largest absolute Gasteiger partial charge is 0.465 e. The monoisotopic (exact) mass is 331 g/mol. The van der Waals surface area contributed by atoms with Gasteiger partial charge in [-0.2, -0.15) is 0 Å². The molecule has 1 saturated heterocycles. The van der Waals surface area contributed by atoms with Crippen molar-refractivity contribution in [3.05, 3.63) is 47.5 Å². The molecular weight excluding hydrogens is 314 g/mol. The molecule has 2 heterocycles. The Morgan fingerprint density at radius 2 is 2.17 bits per heavy atom. The minimum Gasteiger partial charge on any atom is -0.465 e. The predicted molar refractivity (Wildman–Crippen MR) is 86.5 cm³/mol. The molecule has 0 aliphatic carbocycles. The third kappa shape index (κ3) is 4.07. The van der Waals surface area contributed by atoms with E-state index in [1.165, 1.54) is 11.3 Å². The van der Waals surface area contributed by atoms with E-state index in [0.29, 0.717) is 23.8 Å². The summed E-state index contributed by atoms with van der Waals surface area (Å²) in [5.41, 5.74) is 0.548. The van der Waals surface area contributed by atoms with Gasteiger partial charge in [-0.05, 0) is 12.1 Å². The molecule has 120 valence electrons. The summed E-state index contributed by atoms with van der Waals surface area (Å²) in [7, 11) is 0. The van der Waals surface area contributed by atoms with E-state index < -0.39 is 0 Å². The van der Waals surface area contributed by atoms with Crippen molar-refractivity contribution >= 4 is 23.2 Å². The number of carbonyl (C=O) groups excluding carboxylic acids is 2. The molecule has 0 saturated carbocycles. The number of nitrogens with zero attached hydrogens (tertiary/aromatic N) is 2. The Balaban J connectivity index is 1.45. The number of aromatic nitrogens is 1. The maximum absolute atomic E-state index is 12.2. The van der Waals surface area contributed by atoms with Crippen LogP contribution in [0.4, 0.5) is 0 Å². The Bertz CT molecular complexity index is 660. The zero-order valence-corrected chi connectivity index (χ0v) is 13.3. The summed E-state index contributed by atoms with van der Waals surface area (Å²) in [4.78, 5) is 29.9. The first-order chi connectivity index (χ1) is 11.2. The molecule has 3 rings (SSSR count). The second kappa shape index (κ2) is 7.23. The topological polar surface area (TPSA) is 71.5 Å². The van der Waals surface area contributed by atoms with Crippen molar-refractivity contribution < 1.29 is 14.3 Å². The van der Waals surface area contributed by atoms with Crippen LogP contribution in [0.25, 0.3) is 0 Å². The Labute approximate surface area is 138 Å². The molecule has 1 aromatic heterocycles. The van der Waals surface area contributed by atoms with E-state index in [-0.39, 0.29) is 24.5 Å². The molecule has 0 spiro atoms. The van der Waals surface area contributed by atoms with E-state index in [2.05, 4.69) is 10.3 Å². The number of nitrogens with one attached hydrogen (secondary N) is 1. The van der Waals surface area contributed by atoms with Crippen molar-refractivity contribution in [3.8, 4) is 5.19 Å². The van der Waals surface area contributed by atoms with Crippen LogP contribution in [0.15, 0.2) is 41.9 Å². The summed E-state index contributed by atoms with van der Waals surface area (Å²) < 4.78 is 5.72. The zero-order valence-electron chi connectivity index (χ0n) is 12.5. The molecule has 1 atom stereocenters. The Hall–Kier alpha value is -2.41. The minimum atomic E-state index is -0.242. The van der Waals surface area contributed by atoms with Gasteiger partial charge >= 0.3 is 0 Å². The number of benzene rings is 1. The molecular formula is C16H17N3O3S. The second-order valence-electron chi connectivity index (χ2n) is 5.22. The van der Waals surface area contributed by atoms with Gasteiger partial charge in [0.15, 0.2) is 0 Å². The summed E-state index contributed by atoms with van der Waals surface area (Å²) in [5, 5.41) is 5.13. The first-order valence-electron chi connectivity index (χ1n) is 7.39. The Morgan fingerprint density at radius 3 is 2.91 bits per heavy atom. The lowest BCUT2D eigenvalue weighted by Crippen LogP contribution is -2.39. The van der Waals surface area contributed by atoms with Gasteiger partial charge in [0.1, 0.15) is 6.10 Å². The van der Waals surface area contributed by atoms with E-state index in [9.17, 15) is 9.59 Å². The first kappa shape index (κ1) is 15.5. The smallest absolute Gasteiger partial charge is 0.273 e. The van der Waals surface area contributed by atoms with Crippen LogP contribution in [0.2, 0.25) is 0 Å². The number of ether oxygens (including phenoxy) is 1. The molecule has 1 aliphatic heterocycles. The van der Waals surface area contributed by atoms with E-state index in [1.807, 2.05) is 11.4 Å². The third-order valence-corrected chi connectivity index (χ3v) is 4.27. The lowest BCUT2D eigenvalue weighted by molar-refractivity contribution is -0.129. The van der Waals surface area contributed by atoms with Gasteiger partial charge in [-0.25, -0.2) is 4.98 Å². The maximum atomic E-state index is 12.2. The highest BCUT2D eigenvalue weighted by Gasteiger charge is 2.28. The summed E-state index contributed by atoms with van der Waals surface area (Å²) >= 11 is 1.44. The van der Waals surface area contributed by atoms with Crippen LogP contribution in [-0.4, -0.2) is 47.4 Å². The molecule has 1 unspecified atom stereocenters. The molecule has 7 heteroatoms. The van der Waals surface area contributed by atoms with Crippen LogP contribution in [0, 0.1) is 0 Å². The van der Waals surface area contributed by atoms with Gasteiger partial charge in [-0.15, -0.1) is 0 Å². The van der Waals surface area contributed by atoms with Gasteiger partial charge in [-0.3, -0.25) is 9.59 Å². The van der Waals surface area contributed by atoms with Crippen molar-refractivity contribution in [2.24, 2.45) is 0 Å². The summed E-state index contributed by atoms with van der Waals surface area (Å²) in [6.45, 7) is 1.16. The number of hydrogen-bond acceptors (Lipinski definition) is 5.